The molecular weight excluding hydrogens is 294 g/mol. The summed E-state index contributed by atoms with van der Waals surface area (Å²) in [4.78, 5) is 40.5. The molecule has 5 heteroatoms. The Morgan fingerprint density at radius 1 is 1.13 bits per heavy atom. The molecule has 1 saturated carbocycles. The van der Waals surface area contributed by atoms with Crippen molar-refractivity contribution in [2.75, 3.05) is 0 Å². The number of hydrogen-bond acceptors (Lipinski definition) is 4. The van der Waals surface area contributed by atoms with E-state index < -0.39 is 5.97 Å². The van der Waals surface area contributed by atoms with E-state index in [4.69, 9.17) is 4.84 Å². The van der Waals surface area contributed by atoms with Gasteiger partial charge >= 0.3 is 5.97 Å². The minimum Gasteiger partial charge on any atom is -0.332 e. The molecule has 0 aromatic heterocycles. The first-order chi connectivity index (χ1) is 11.2. The zero-order chi connectivity index (χ0) is 16.5. The summed E-state index contributed by atoms with van der Waals surface area (Å²) in [5.41, 5.74) is 0.425. The minimum atomic E-state index is -0.514. The van der Waals surface area contributed by atoms with E-state index in [0.29, 0.717) is 18.4 Å². The fourth-order valence-electron chi connectivity index (χ4n) is 2.81. The molecule has 0 radical (unpaired) electrons. The van der Waals surface area contributed by atoms with Gasteiger partial charge in [-0.1, -0.05) is 37.5 Å². The Kier molecular flexibility index (Phi) is 6.78. The normalized spacial score (nSPS) is 15.0. The summed E-state index contributed by atoms with van der Waals surface area (Å²) >= 11 is 0. The van der Waals surface area contributed by atoms with Crippen LogP contribution in [0.4, 0.5) is 0 Å². The maximum Gasteiger partial charge on any atom is 0.363 e. The van der Waals surface area contributed by atoms with Crippen LogP contribution in [-0.4, -0.2) is 29.3 Å². The van der Waals surface area contributed by atoms with E-state index in [0.717, 1.165) is 38.4 Å². The second-order valence-electron chi connectivity index (χ2n) is 5.82. The van der Waals surface area contributed by atoms with Gasteiger partial charge in [0.1, 0.15) is 6.29 Å². The molecule has 0 bridgehead atoms. The Balaban J connectivity index is 2.04. The van der Waals surface area contributed by atoms with Crippen LogP contribution in [0.2, 0.25) is 0 Å². The smallest absolute Gasteiger partial charge is 0.332 e. The van der Waals surface area contributed by atoms with E-state index in [2.05, 4.69) is 0 Å². The summed E-state index contributed by atoms with van der Waals surface area (Å²) in [6.07, 6.45) is 6.76. The molecular formula is C18H23NO4. The Bertz CT molecular complexity index is 523. The highest BCUT2D eigenvalue weighted by atomic mass is 16.7. The summed E-state index contributed by atoms with van der Waals surface area (Å²) in [7, 11) is 0. The van der Waals surface area contributed by atoms with Crippen molar-refractivity contribution in [3.63, 3.8) is 0 Å². The van der Waals surface area contributed by atoms with Gasteiger partial charge in [-0.2, -0.15) is 5.06 Å². The quantitative estimate of drug-likeness (QED) is 0.459. The van der Waals surface area contributed by atoms with Gasteiger partial charge in [0.05, 0.1) is 11.6 Å². The number of aldehydes is 1. The van der Waals surface area contributed by atoms with Crippen molar-refractivity contribution in [2.45, 2.75) is 57.4 Å². The average Bonchev–Trinajstić information content (AvgIpc) is 2.61. The highest BCUT2D eigenvalue weighted by Crippen LogP contribution is 2.24. The summed E-state index contributed by atoms with van der Waals surface area (Å²) < 4.78 is 0. The number of carbonyl (C=O) groups is 3. The van der Waals surface area contributed by atoms with Crippen molar-refractivity contribution in [2.24, 2.45) is 0 Å². The molecule has 0 spiro atoms. The number of benzene rings is 1. The average molecular weight is 317 g/mol. The van der Waals surface area contributed by atoms with Crippen LogP contribution in [-0.2, 0) is 14.4 Å². The first-order valence-corrected chi connectivity index (χ1v) is 8.25. The minimum absolute atomic E-state index is 0.0554. The molecule has 0 heterocycles. The highest BCUT2D eigenvalue weighted by Gasteiger charge is 2.29. The number of unbranched alkanes of at least 4 members (excludes halogenated alkanes) is 1. The van der Waals surface area contributed by atoms with Crippen molar-refractivity contribution < 1.29 is 19.2 Å². The van der Waals surface area contributed by atoms with Crippen molar-refractivity contribution in [3.8, 4) is 0 Å². The van der Waals surface area contributed by atoms with Crippen LogP contribution in [0.15, 0.2) is 30.3 Å². The molecule has 1 fully saturated rings. The van der Waals surface area contributed by atoms with Crippen molar-refractivity contribution in [3.05, 3.63) is 35.9 Å². The first kappa shape index (κ1) is 17.2. The van der Waals surface area contributed by atoms with Gasteiger partial charge in [-0.3, -0.25) is 4.79 Å². The van der Waals surface area contributed by atoms with E-state index in [1.54, 1.807) is 24.3 Å². The first-order valence-electron chi connectivity index (χ1n) is 8.25. The van der Waals surface area contributed by atoms with Crippen LogP contribution < -0.4 is 0 Å². The molecule has 124 valence electrons. The Labute approximate surface area is 136 Å². The third-order valence-electron chi connectivity index (χ3n) is 4.06. The topological polar surface area (TPSA) is 63.7 Å². The number of rotatable bonds is 6. The van der Waals surface area contributed by atoms with Gasteiger partial charge in [0.25, 0.3) is 5.91 Å². The van der Waals surface area contributed by atoms with Gasteiger partial charge in [0.15, 0.2) is 0 Å². The lowest BCUT2D eigenvalue weighted by molar-refractivity contribution is -0.180. The molecule has 1 aliphatic carbocycles. The van der Waals surface area contributed by atoms with Crippen molar-refractivity contribution in [1.82, 2.24) is 5.06 Å². The molecule has 1 aliphatic rings. The van der Waals surface area contributed by atoms with Crippen LogP contribution >= 0.6 is 0 Å². The van der Waals surface area contributed by atoms with Crippen LogP contribution in [0, 0.1) is 0 Å². The predicted octanol–water partition coefficient (Wildman–Crippen LogP) is 3.29. The lowest BCUT2D eigenvalue weighted by Gasteiger charge is -2.32. The number of hydrogen-bond donors (Lipinski definition) is 0. The molecule has 5 nitrogen and oxygen atoms in total. The van der Waals surface area contributed by atoms with Gasteiger partial charge < -0.3 is 9.63 Å². The molecule has 1 amide bonds. The summed E-state index contributed by atoms with van der Waals surface area (Å²) in [6, 6.07) is 8.61. The maximum atomic E-state index is 12.4. The Morgan fingerprint density at radius 2 is 1.83 bits per heavy atom. The lowest BCUT2D eigenvalue weighted by atomic mass is 9.95. The standard InChI is InChI=1S/C18H23NO4/c20-14-8-7-13-17(21)19(16-11-5-2-6-12-16)23-18(22)15-9-3-1-4-10-15/h1,3-4,9-10,14,16H,2,5-8,11-13H2. The number of carbonyl (C=O) groups excluding carboxylic acids is 3. The summed E-state index contributed by atoms with van der Waals surface area (Å²) in [5, 5.41) is 1.26. The fourth-order valence-corrected chi connectivity index (χ4v) is 2.81. The summed E-state index contributed by atoms with van der Waals surface area (Å²) in [6.45, 7) is 0. The third-order valence-corrected chi connectivity index (χ3v) is 4.06. The van der Waals surface area contributed by atoms with Gasteiger partial charge in [0.2, 0.25) is 0 Å². The number of amides is 1. The molecule has 0 saturated heterocycles. The molecule has 23 heavy (non-hydrogen) atoms. The molecule has 0 atom stereocenters. The zero-order valence-electron chi connectivity index (χ0n) is 13.3. The van der Waals surface area contributed by atoms with Crippen LogP contribution in [0.3, 0.4) is 0 Å². The van der Waals surface area contributed by atoms with E-state index in [-0.39, 0.29) is 18.4 Å². The van der Waals surface area contributed by atoms with Gasteiger partial charge in [-0.05, 0) is 31.4 Å². The van der Waals surface area contributed by atoms with E-state index in [1.807, 2.05) is 6.07 Å². The van der Waals surface area contributed by atoms with E-state index in [1.165, 1.54) is 5.06 Å². The van der Waals surface area contributed by atoms with E-state index in [9.17, 15) is 14.4 Å². The number of nitrogens with zero attached hydrogens (tertiary/aromatic N) is 1. The molecule has 0 N–H and O–H groups in total. The van der Waals surface area contributed by atoms with Crippen molar-refractivity contribution >= 4 is 18.2 Å². The largest absolute Gasteiger partial charge is 0.363 e. The van der Waals surface area contributed by atoms with Crippen LogP contribution in [0.5, 0.6) is 0 Å². The Morgan fingerprint density at radius 3 is 2.48 bits per heavy atom. The fraction of sp³-hybridized carbons (Fsp3) is 0.500. The molecule has 1 aromatic carbocycles. The van der Waals surface area contributed by atoms with Gasteiger partial charge in [0, 0.05) is 12.8 Å². The highest BCUT2D eigenvalue weighted by molar-refractivity contribution is 5.90. The van der Waals surface area contributed by atoms with Crippen LogP contribution in [0.1, 0.15) is 61.7 Å². The van der Waals surface area contributed by atoms with Crippen LogP contribution in [0.25, 0.3) is 0 Å². The summed E-state index contributed by atoms with van der Waals surface area (Å²) in [5.74, 6) is -0.733. The molecule has 2 rings (SSSR count). The monoisotopic (exact) mass is 317 g/mol. The maximum absolute atomic E-state index is 12.4. The van der Waals surface area contributed by atoms with Gasteiger partial charge in [-0.25, -0.2) is 4.79 Å². The number of hydroxylamine groups is 2. The zero-order valence-corrected chi connectivity index (χ0v) is 13.3. The van der Waals surface area contributed by atoms with Crippen molar-refractivity contribution in [1.29, 1.82) is 0 Å². The van der Waals surface area contributed by atoms with Gasteiger partial charge in [-0.15, -0.1) is 0 Å². The van der Waals surface area contributed by atoms with E-state index >= 15 is 0 Å². The molecule has 1 aromatic rings. The second-order valence-corrected chi connectivity index (χ2v) is 5.82. The second kappa shape index (κ2) is 9.08. The molecule has 0 aliphatic heterocycles. The third kappa shape index (κ3) is 5.20. The SMILES string of the molecule is O=CCCCC(=O)N(OC(=O)c1ccccc1)C1CCCCC1. The lowest BCUT2D eigenvalue weighted by Crippen LogP contribution is -2.42. The predicted molar refractivity (Wildman–Crippen MR) is 85.5 cm³/mol. The Hall–Kier alpha value is -2.17. The molecule has 0 unspecified atom stereocenters.